The minimum atomic E-state index is -0.0844. The van der Waals surface area contributed by atoms with Crippen molar-refractivity contribution in [1.82, 2.24) is 14.8 Å². The molecule has 1 saturated heterocycles. The van der Waals surface area contributed by atoms with E-state index in [1.807, 2.05) is 65.5 Å². The summed E-state index contributed by atoms with van der Waals surface area (Å²) in [6.45, 7) is 3.54. The molecule has 1 aliphatic rings. The normalized spacial score (nSPS) is 16.1. The number of ether oxygens (including phenoxy) is 1. The molecule has 1 N–H and O–H groups in total. The number of rotatable bonds is 6. The van der Waals surface area contributed by atoms with Crippen LogP contribution in [-0.4, -0.2) is 48.2 Å². The van der Waals surface area contributed by atoms with Crippen molar-refractivity contribution in [3.8, 4) is 5.69 Å². The number of carbonyl (C=O) groups excluding carboxylic acids is 1. The average molecular weight is 365 g/mol. The van der Waals surface area contributed by atoms with Crippen LogP contribution in [0.3, 0.4) is 0 Å². The maximum Gasteiger partial charge on any atom is 0.251 e. The Balaban J connectivity index is 1.41. The van der Waals surface area contributed by atoms with Crippen molar-refractivity contribution in [2.45, 2.75) is 6.04 Å². The van der Waals surface area contributed by atoms with Gasteiger partial charge in [-0.2, -0.15) is 0 Å². The summed E-state index contributed by atoms with van der Waals surface area (Å²) >= 11 is 0. The molecular weight excluding hydrogens is 342 g/mol. The topological polar surface area (TPSA) is 59.6 Å². The van der Waals surface area contributed by atoms with Gasteiger partial charge in [-0.25, -0.2) is 0 Å². The Hall–Kier alpha value is -2.83. The summed E-state index contributed by atoms with van der Waals surface area (Å²) in [6, 6.07) is 15.4. The Labute approximate surface area is 158 Å². The van der Waals surface area contributed by atoms with Gasteiger partial charge in [-0.05, 0) is 48.5 Å². The summed E-state index contributed by atoms with van der Waals surface area (Å²) < 4.78 is 13.1. The van der Waals surface area contributed by atoms with Crippen molar-refractivity contribution in [3.63, 3.8) is 0 Å². The zero-order chi connectivity index (χ0) is 18.5. The predicted molar refractivity (Wildman–Crippen MR) is 102 cm³/mol. The van der Waals surface area contributed by atoms with Gasteiger partial charge in [-0.1, -0.05) is 0 Å². The molecule has 2 aromatic heterocycles. The highest BCUT2D eigenvalue weighted by molar-refractivity contribution is 5.94. The molecule has 0 spiro atoms. The molecule has 1 fully saturated rings. The van der Waals surface area contributed by atoms with Crippen LogP contribution in [0.15, 0.2) is 71.6 Å². The molecule has 4 rings (SSSR count). The zero-order valence-electron chi connectivity index (χ0n) is 15.1. The smallest absolute Gasteiger partial charge is 0.251 e. The quantitative estimate of drug-likeness (QED) is 0.730. The van der Waals surface area contributed by atoms with Crippen molar-refractivity contribution < 1.29 is 13.9 Å². The summed E-state index contributed by atoms with van der Waals surface area (Å²) in [4.78, 5) is 14.9. The summed E-state index contributed by atoms with van der Waals surface area (Å²) in [6.07, 6.45) is 5.63. The van der Waals surface area contributed by atoms with Crippen molar-refractivity contribution >= 4 is 5.91 Å². The second kappa shape index (κ2) is 8.24. The molecule has 3 aromatic rings. The summed E-state index contributed by atoms with van der Waals surface area (Å²) in [7, 11) is 0. The van der Waals surface area contributed by atoms with Gasteiger partial charge in [0, 0.05) is 43.3 Å². The number of nitrogens with one attached hydrogen (secondary N) is 1. The van der Waals surface area contributed by atoms with Gasteiger partial charge in [0.1, 0.15) is 5.76 Å². The lowest BCUT2D eigenvalue weighted by Gasteiger charge is -2.33. The third kappa shape index (κ3) is 4.13. The number of hydrogen-bond donors (Lipinski definition) is 1. The SMILES string of the molecule is O=C(NCC(c1ccco1)N1CCOCC1)c1ccc(-n2cccc2)cc1. The maximum atomic E-state index is 12.6. The third-order valence-electron chi connectivity index (χ3n) is 4.85. The molecule has 0 radical (unpaired) electrons. The number of amides is 1. The first-order chi connectivity index (χ1) is 13.3. The number of nitrogens with zero attached hydrogens (tertiary/aromatic N) is 2. The number of furan rings is 1. The van der Waals surface area contributed by atoms with E-state index in [0.717, 1.165) is 24.5 Å². The molecule has 0 saturated carbocycles. The van der Waals surface area contributed by atoms with Crippen molar-refractivity contribution in [3.05, 3.63) is 78.5 Å². The van der Waals surface area contributed by atoms with Crippen LogP contribution in [0.2, 0.25) is 0 Å². The van der Waals surface area contributed by atoms with E-state index in [1.165, 1.54) is 0 Å². The lowest BCUT2D eigenvalue weighted by Crippen LogP contribution is -2.43. The first-order valence-electron chi connectivity index (χ1n) is 9.18. The van der Waals surface area contributed by atoms with Crippen LogP contribution in [0.4, 0.5) is 0 Å². The highest BCUT2D eigenvalue weighted by Crippen LogP contribution is 2.22. The van der Waals surface area contributed by atoms with E-state index < -0.39 is 0 Å². The molecule has 0 bridgehead atoms. The molecule has 6 heteroatoms. The molecule has 1 aromatic carbocycles. The van der Waals surface area contributed by atoms with Gasteiger partial charge in [-0.3, -0.25) is 9.69 Å². The minimum Gasteiger partial charge on any atom is -0.468 e. The largest absolute Gasteiger partial charge is 0.468 e. The number of aromatic nitrogens is 1. The van der Waals surface area contributed by atoms with Crippen molar-refractivity contribution in [2.75, 3.05) is 32.8 Å². The van der Waals surface area contributed by atoms with Crippen LogP contribution in [0.1, 0.15) is 22.2 Å². The van der Waals surface area contributed by atoms with E-state index in [0.29, 0.717) is 25.3 Å². The second-order valence-electron chi connectivity index (χ2n) is 6.53. The van der Waals surface area contributed by atoms with E-state index in [-0.39, 0.29) is 11.9 Å². The van der Waals surface area contributed by atoms with Crippen LogP contribution in [0.25, 0.3) is 5.69 Å². The summed E-state index contributed by atoms with van der Waals surface area (Å²) in [5, 5.41) is 3.05. The van der Waals surface area contributed by atoms with Gasteiger partial charge >= 0.3 is 0 Å². The molecule has 3 heterocycles. The van der Waals surface area contributed by atoms with Crippen molar-refractivity contribution in [1.29, 1.82) is 0 Å². The van der Waals surface area contributed by atoms with E-state index in [2.05, 4.69) is 10.2 Å². The number of morpholine rings is 1. The number of carbonyl (C=O) groups is 1. The Morgan fingerprint density at radius 2 is 1.78 bits per heavy atom. The van der Waals surface area contributed by atoms with Crippen LogP contribution in [0.5, 0.6) is 0 Å². The molecule has 0 aliphatic carbocycles. The fraction of sp³-hybridized carbons (Fsp3) is 0.286. The second-order valence-corrected chi connectivity index (χ2v) is 6.53. The van der Waals surface area contributed by atoms with Gasteiger partial charge in [-0.15, -0.1) is 0 Å². The lowest BCUT2D eigenvalue weighted by molar-refractivity contribution is 0.0118. The standard InChI is InChI=1S/C21H23N3O3/c25-21(17-5-7-18(8-6-17)23-9-1-2-10-23)22-16-19(20-4-3-13-27-20)24-11-14-26-15-12-24/h1-10,13,19H,11-12,14-16H2,(H,22,25). The third-order valence-corrected chi connectivity index (χ3v) is 4.85. The maximum absolute atomic E-state index is 12.6. The zero-order valence-corrected chi connectivity index (χ0v) is 15.1. The molecule has 1 amide bonds. The highest BCUT2D eigenvalue weighted by Gasteiger charge is 2.25. The van der Waals surface area contributed by atoms with Gasteiger partial charge in [0.05, 0.1) is 25.5 Å². The van der Waals surface area contributed by atoms with Gasteiger partial charge < -0.3 is 19.0 Å². The summed E-state index contributed by atoms with van der Waals surface area (Å²) in [5.41, 5.74) is 1.67. The summed E-state index contributed by atoms with van der Waals surface area (Å²) in [5.74, 6) is 0.777. The Morgan fingerprint density at radius 3 is 2.44 bits per heavy atom. The molecule has 1 atom stereocenters. The van der Waals surface area contributed by atoms with Gasteiger partial charge in [0.2, 0.25) is 0 Å². The highest BCUT2D eigenvalue weighted by atomic mass is 16.5. The Bertz CT molecular complexity index is 835. The van der Waals surface area contributed by atoms with E-state index in [9.17, 15) is 4.79 Å². The first-order valence-corrected chi connectivity index (χ1v) is 9.18. The monoisotopic (exact) mass is 365 g/mol. The lowest BCUT2D eigenvalue weighted by atomic mass is 10.1. The number of benzene rings is 1. The average Bonchev–Trinajstić information content (AvgIpc) is 3.43. The van der Waals surface area contributed by atoms with Crippen molar-refractivity contribution in [2.24, 2.45) is 0 Å². The van der Waals surface area contributed by atoms with Crippen LogP contribution in [-0.2, 0) is 4.74 Å². The van der Waals surface area contributed by atoms with Gasteiger partial charge in [0.15, 0.2) is 0 Å². The molecule has 6 nitrogen and oxygen atoms in total. The predicted octanol–water partition coefficient (Wildman–Crippen LogP) is 2.87. The number of hydrogen-bond acceptors (Lipinski definition) is 4. The Morgan fingerprint density at radius 1 is 1.04 bits per heavy atom. The fourth-order valence-corrected chi connectivity index (χ4v) is 3.36. The van der Waals surface area contributed by atoms with Gasteiger partial charge in [0.25, 0.3) is 5.91 Å². The Kier molecular flexibility index (Phi) is 5.37. The molecule has 1 aliphatic heterocycles. The molecular formula is C21H23N3O3. The van der Waals surface area contributed by atoms with E-state index in [1.54, 1.807) is 6.26 Å². The minimum absolute atomic E-state index is 0.00648. The van der Waals surface area contributed by atoms with Crippen LogP contribution in [0, 0.1) is 0 Å². The van der Waals surface area contributed by atoms with E-state index in [4.69, 9.17) is 9.15 Å². The van der Waals surface area contributed by atoms with Crippen LogP contribution >= 0.6 is 0 Å². The van der Waals surface area contributed by atoms with E-state index >= 15 is 0 Å². The fourth-order valence-electron chi connectivity index (χ4n) is 3.36. The molecule has 1 unspecified atom stereocenters. The molecule has 27 heavy (non-hydrogen) atoms. The van der Waals surface area contributed by atoms with Crippen LogP contribution < -0.4 is 5.32 Å². The molecule has 140 valence electrons. The first kappa shape index (κ1) is 17.6.